The maximum Gasteiger partial charge on any atom is 0.346 e. The van der Waals surface area contributed by atoms with Crippen LogP contribution in [0.15, 0.2) is 29.0 Å². The smallest absolute Gasteiger partial charge is 0.346 e. The van der Waals surface area contributed by atoms with Crippen molar-refractivity contribution in [1.29, 1.82) is 0 Å². The number of rotatable bonds is 8. The molecule has 2 rings (SSSR count). The molecule has 164 valence electrons. The molecule has 1 aromatic heterocycles. The minimum absolute atomic E-state index is 0.00349. The SMILES string of the molecule is CCOC(=O)C(O)(CNC(=S)Nc1c(C(C)C)cc(F)cc1C(C)C)c1ccon1. The average molecular weight is 438 g/mol. The monoisotopic (exact) mass is 437 g/mol. The van der Waals surface area contributed by atoms with Gasteiger partial charge in [0.15, 0.2) is 5.11 Å². The Bertz CT molecular complexity index is 857. The van der Waals surface area contributed by atoms with Crippen LogP contribution >= 0.6 is 12.2 Å². The molecule has 2 aromatic rings. The van der Waals surface area contributed by atoms with Crippen LogP contribution < -0.4 is 10.6 Å². The number of hydrogen-bond donors (Lipinski definition) is 3. The van der Waals surface area contributed by atoms with Crippen LogP contribution in [0.3, 0.4) is 0 Å². The summed E-state index contributed by atoms with van der Waals surface area (Å²) in [5.74, 6) is -1.08. The molecule has 1 unspecified atom stereocenters. The van der Waals surface area contributed by atoms with Crippen LogP contribution in [0.25, 0.3) is 0 Å². The molecule has 30 heavy (non-hydrogen) atoms. The second kappa shape index (κ2) is 9.99. The lowest BCUT2D eigenvalue weighted by Crippen LogP contribution is -2.48. The van der Waals surface area contributed by atoms with Gasteiger partial charge < -0.3 is 25.0 Å². The highest BCUT2D eigenvalue weighted by atomic mass is 32.1. The van der Waals surface area contributed by atoms with E-state index in [0.717, 1.165) is 11.1 Å². The number of halogens is 1. The highest BCUT2D eigenvalue weighted by molar-refractivity contribution is 7.80. The van der Waals surface area contributed by atoms with Gasteiger partial charge >= 0.3 is 5.97 Å². The Hall–Kier alpha value is -2.52. The summed E-state index contributed by atoms with van der Waals surface area (Å²) in [5.41, 5.74) is 0.183. The van der Waals surface area contributed by atoms with E-state index < -0.39 is 11.6 Å². The number of carbonyl (C=O) groups is 1. The molecule has 3 N–H and O–H groups in total. The fourth-order valence-electron chi connectivity index (χ4n) is 3.01. The highest BCUT2D eigenvalue weighted by Crippen LogP contribution is 2.33. The number of thiocarbonyl (C=S) groups is 1. The summed E-state index contributed by atoms with van der Waals surface area (Å²) in [7, 11) is 0. The summed E-state index contributed by atoms with van der Waals surface area (Å²) in [4.78, 5) is 12.4. The Morgan fingerprint density at radius 2 is 1.90 bits per heavy atom. The number of benzene rings is 1. The Labute approximate surface area is 181 Å². The van der Waals surface area contributed by atoms with Crippen molar-refractivity contribution >= 4 is 29.0 Å². The molecule has 0 saturated carbocycles. The van der Waals surface area contributed by atoms with Crippen LogP contribution in [0.4, 0.5) is 10.1 Å². The third-order valence-electron chi connectivity index (χ3n) is 4.63. The van der Waals surface area contributed by atoms with Crippen LogP contribution in [0.2, 0.25) is 0 Å². The van der Waals surface area contributed by atoms with E-state index in [4.69, 9.17) is 21.5 Å². The zero-order valence-corrected chi connectivity index (χ0v) is 18.6. The lowest BCUT2D eigenvalue weighted by Gasteiger charge is -2.26. The molecule has 1 heterocycles. The second-order valence-electron chi connectivity index (χ2n) is 7.54. The normalized spacial score (nSPS) is 13.2. The maximum atomic E-state index is 14.1. The van der Waals surface area contributed by atoms with E-state index in [1.165, 1.54) is 24.5 Å². The molecular weight excluding hydrogens is 409 g/mol. The highest BCUT2D eigenvalue weighted by Gasteiger charge is 2.42. The standard InChI is InChI=1S/C21H28FN3O4S/c1-6-28-19(26)21(27,17-7-8-29-25-17)11-23-20(30)24-18-15(12(2)3)9-14(22)10-16(18)13(4)5/h7-10,12-13,27H,6,11H2,1-5H3,(H2,23,24,30). The Morgan fingerprint density at radius 3 is 2.37 bits per heavy atom. The van der Waals surface area contributed by atoms with Crippen LogP contribution in [-0.2, 0) is 15.1 Å². The Morgan fingerprint density at radius 1 is 1.30 bits per heavy atom. The lowest BCUT2D eigenvalue weighted by molar-refractivity contribution is -0.166. The van der Waals surface area contributed by atoms with Crippen molar-refractivity contribution in [3.05, 3.63) is 47.1 Å². The molecule has 0 aliphatic carbocycles. The topological polar surface area (TPSA) is 96.6 Å². The maximum absolute atomic E-state index is 14.1. The molecular formula is C21H28FN3O4S. The third kappa shape index (κ3) is 5.34. The molecule has 0 bridgehead atoms. The summed E-state index contributed by atoms with van der Waals surface area (Å²) in [6.45, 7) is 9.28. The minimum atomic E-state index is -2.08. The van der Waals surface area contributed by atoms with Crippen molar-refractivity contribution in [1.82, 2.24) is 10.5 Å². The van der Waals surface area contributed by atoms with Crippen molar-refractivity contribution in [3.8, 4) is 0 Å². The van der Waals surface area contributed by atoms with Gasteiger partial charge in [-0.25, -0.2) is 9.18 Å². The summed E-state index contributed by atoms with van der Waals surface area (Å²) >= 11 is 5.39. The number of aliphatic hydroxyl groups is 1. The summed E-state index contributed by atoms with van der Waals surface area (Å²) in [5, 5.41) is 20.7. The first-order valence-electron chi connectivity index (χ1n) is 9.78. The number of ether oxygens (including phenoxy) is 1. The van der Waals surface area contributed by atoms with Crippen LogP contribution in [0.5, 0.6) is 0 Å². The Kier molecular flexibility index (Phi) is 7.91. The van der Waals surface area contributed by atoms with Gasteiger partial charge in [-0.3, -0.25) is 0 Å². The van der Waals surface area contributed by atoms with Crippen molar-refractivity contribution < 1.29 is 23.6 Å². The fourth-order valence-corrected chi connectivity index (χ4v) is 3.19. The quantitative estimate of drug-likeness (QED) is 0.424. The molecule has 0 saturated heterocycles. The van der Waals surface area contributed by atoms with Crippen molar-refractivity contribution in [2.24, 2.45) is 0 Å². The molecule has 0 fully saturated rings. The number of nitrogens with zero attached hydrogens (tertiary/aromatic N) is 1. The third-order valence-corrected chi connectivity index (χ3v) is 4.87. The van der Waals surface area contributed by atoms with E-state index in [1.807, 2.05) is 27.7 Å². The number of aromatic nitrogens is 1. The Balaban J connectivity index is 2.26. The summed E-state index contributed by atoms with van der Waals surface area (Å²) in [6, 6.07) is 4.33. The summed E-state index contributed by atoms with van der Waals surface area (Å²) in [6.07, 6.45) is 1.25. The van der Waals surface area contributed by atoms with E-state index >= 15 is 0 Å². The molecule has 1 aromatic carbocycles. The van der Waals surface area contributed by atoms with Crippen molar-refractivity contribution in [2.75, 3.05) is 18.5 Å². The summed E-state index contributed by atoms with van der Waals surface area (Å²) < 4.78 is 23.8. The van der Waals surface area contributed by atoms with E-state index in [2.05, 4.69) is 15.8 Å². The van der Waals surface area contributed by atoms with E-state index in [1.54, 1.807) is 6.92 Å². The molecule has 0 spiro atoms. The first kappa shape index (κ1) is 23.8. The van der Waals surface area contributed by atoms with Gasteiger partial charge in [0.1, 0.15) is 17.8 Å². The lowest BCUT2D eigenvalue weighted by atomic mass is 9.92. The van der Waals surface area contributed by atoms with E-state index in [0.29, 0.717) is 5.69 Å². The van der Waals surface area contributed by atoms with Crippen LogP contribution in [-0.4, -0.2) is 34.5 Å². The molecule has 7 nitrogen and oxygen atoms in total. The zero-order chi connectivity index (χ0) is 22.5. The van der Waals surface area contributed by atoms with Gasteiger partial charge in [-0.15, -0.1) is 0 Å². The first-order chi connectivity index (χ1) is 14.1. The predicted molar refractivity (Wildman–Crippen MR) is 116 cm³/mol. The van der Waals surface area contributed by atoms with Gasteiger partial charge in [-0.1, -0.05) is 32.9 Å². The van der Waals surface area contributed by atoms with Crippen LogP contribution in [0.1, 0.15) is 63.3 Å². The van der Waals surface area contributed by atoms with Crippen LogP contribution in [0, 0.1) is 5.82 Å². The van der Waals surface area contributed by atoms with Gasteiger partial charge in [0, 0.05) is 11.8 Å². The number of nitrogens with one attached hydrogen (secondary N) is 2. The fraction of sp³-hybridized carbons (Fsp3) is 0.476. The average Bonchev–Trinajstić information content (AvgIpc) is 3.22. The van der Waals surface area contributed by atoms with Gasteiger partial charge in [0.05, 0.1) is 13.2 Å². The first-order valence-corrected chi connectivity index (χ1v) is 10.2. The van der Waals surface area contributed by atoms with Gasteiger partial charge in [0.2, 0.25) is 5.60 Å². The number of hydrogen-bond acceptors (Lipinski definition) is 6. The largest absolute Gasteiger partial charge is 0.463 e. The number of anilines is 1. The molecule has 1 atom stereocenters. The van der Waals surface area contributed by atoms with Crippen molar-refractivity contribution in [2.45, 2.75) is 52.1 Å². The van der Waals surface area contributed by atoms with Crippen molar-refractivity contribution in [3.63, 3.8) is 0 Å². The zero-order valence-electron chi connectivity index (χ0n) is 17.8. The van der Waals surface area contributed by atoms with Gasteiger partial charge in [-0.2, -0.15) is 0 Å². The number of esters is 1. The van der Waals surface area contributed by atoms with E-state index in [-0.39, 0.29) is 41.6 Å². The van der Waals surface area contributed by atoms with Gasteiger partial charge in [-0.05, 0) is 54.2 Å². The predicted octanol–water partition coefficient (Wildman–Crippen LogP) is 3.80. The second-order valence-corrected chi connectivity index (χ2v) is 7.95. The molecule has 0 amide bonds. The van der Waals surface area contributed by atoms with E-state index in [9.17, 15) is 14.3 Å². The van der Waals surface area contributed by atoms with Gasteiger partial charge in [0.25, 0.3) is 0 Å². The number of carbonyl (C=O) groups excluding carboxylic acids is 1. The molecule has 9 heteroatoms. The molecule has 0 aliphatic rings. The molecule has 0 radical (unpaired) electrons. The molecule has 0 aliphatic heterocycles. The minimum Gasteiger partial charge on any atom is -0.463 e.